The van der Waals surface area contributed by atoms with Crippen molar-refractivity contribution < 1.29 is 29.1 Å². The molecule has 0 aliphatic carbocycles. The fourth-order valence-electron chi connectivity index (χ4n) is 4.25. The lowest BCUT2D eigenvalue weighted by Gasteiger charge is -2.26. The highest BCUT2D eigenvalue weighted by Crippen LogP contribution is 2.09. The first-order valence-corrected chi connectivity index (χ1v) is 15.8. The summed E-state index contributed by atoms with van der Waals surface area (Å²) in [6.07, 6.45) is 3.54. The molecule has 19 heteroatoms. The SMILES string of the molecule is CC(C)[C@H](N)C(=O)N[C@@H](CO)C(=O)N[C@@H](CCCCCN)C(=O)N[C@@H](CCCN=C(N)N)C(=O)N[C@@H](CCCCN=C(N)N)C(N)=O. The van der Waals surface area contributed by atoms with Crippen molar-refractivity contribution in [2.45, 2.75) is 102 Å². The predicted molar refractivity (Wildman–Crippen MR) is 179 cm³/mol. The van der Waals surface area contributed by atoms with Gasteiger partial charge >= 0.3 is 0 Å². The Morgan fingerprint density at radius 2 is 1.02 bits per heavy atom. The number of aliphatic imine (C=N–C) groups is 2. The Morgan fingerprint density at radius 1 is 0.596 bits per heavy atom. The van der Waals surface area contributed by atoms with Gasteiger partial charge in [-0.15, -0.1) is 0 Å². The summed E-state index contributed by atoms with van der Waals surface area (Å²) in [6.45, 7) is 3.62. The molecule has 5 amide bonds. The van der Waals surface area contributed by atoms with Crippen LogP contribution in [0.15, 0.2) is 9.98 Å². The van der Waals surface area contributed by atoms with Crippen LogP contribution >= 0.6 is 0 Å². The molecule has 47 heavy (non-hydrogen) atoms. The third kappa shape index (κ3) is 19.1. The molecule has 0 aromatic rings. The number of primary amides is 1. The number of amides is 5. The number of guanidine groups is 2. The van der Waals surface area contributed by atoms with Crippen LogP contribution in [0.25, 0.3) is 0 Å². The van der Waals surface area contributed by atoms with Crippen molar-refractivity contribution in [2.24, 2.45) is 56.0 Å². The summed E-state index contributed by atoms with van der Waals surface area (Å²) in [4.78, 5) is 72.3. The lowest BCUT2D eigenvalue weighted by Crippen LogP contribution is -2.59. The second-order valence-corrected chi connectivity index (χ2v) is 11.5. The molecule has 0 unspecified atom stereocenters. The molecule has 19 nitrogen and oxygen atoms in total. The van der Waals surface area contributed by atoms with Crippen molar-refractivity contribution in [2.75, 3.05) is 26.2 Å². The van der Waals surface area contributed by atoms with Crippen LogP contribution in [0.2, 0.25) is 0 Å². The van der Waals surface area contributed by atoms with E-state index in [0.717, 1.165) is 0 Å². The number of unbranched alkanes of at least 4 members (excludes halogenated alkanes) is 3. The van der Waals surface area contributed by atoms with Gasteiger partial charge in [-0.05, 0) is 57.4 Å². The highest BCUT2D eigenvalue weighted by Gasteiger charge is 2.31. The minimum Gasteiger partial charge on any atom is -0.394 e. The smallest absolute Gasteiger partial charge is 0.245 e. The van der Waals surface area contributed by atoms with E-state index in [0.29, 0.717) is 45.2 Å². The Bertz CT molecular complexity index is 1050. The number of aliphatic hydroxyl groups is 1. The van der Waals surface area contributed by atoms with Crippen molar-refractivity contribution in [1.29, 1.82) is 0 Å². The molecule has 0 aromatic carbocycles. The molecule has 0 saturated heterocycles. The first-order valence-electron chi connectivity index (χ1n) is 15.8. The van der Waals surface area contributed by atoms with Crippen molar-refractivity contribution in [3.63, 3.8) is 0 Å². The van der Waals surface area contributed by atoms with E-state index in [4.69, 9.17) is 40.1 Å². The second kappa shape index (κ2) is 24.0. The number of nitrogens with two attached hydrogens (primary N) is 7. The molecular weight excluding hydrogens is 614 g/mol. The average molecular weight is 672 g/mol. The van der Waals surface area contributed by atoms with Gasteiger partial charge in [-0.1, -0.05) is 26.7 Å². The molecule has 0 aliphatic rings. The van der Waals surface area contributed by atoms with Crippen LogP contribution in [0.5, 0.6) is 0 Å². The molecule has 270 valence electrons. The molecule has 0 heterocycles. The Hall–Kier alpha value is -4.23. The zero-order valence-corrected chi connectivity index (χ0v) is 27.6. The number of nitrogens with one attached hydrogen (secondary N) is 4. The fourth-order valence-corrected chi connectivity index (χ4v) is 4.25. The number of carbonyl (C=O) groups excluding carboxylic acids is 5. The molecule has 19 N–H and O–H groups in total. The third-order valence-corrected chi connectivity index (χ3v) is 7.10. The standard InChI is InChI=1S/C28H57N13O6/c1-16(2)21(30)26(47)41-20(15-42)25(46)40-18(10-4-3-6-12-29)24(45)39-19(11-8-14-37-28(34)35)23(44)38-17(22(31)43)9-5-7-13-36-27(32)33/h16-21,42H,3-15,29-30H2,1-2H3,(H2,31,43)(H,38,44)(H,39,45)(H,40,46)(H,41,47)(H4,32,33,36)(H4,34,35,37)/t17-,18-,19-,20-,21-/m0/s1. The zero-order chi connectivity index (χ0) is 35.9. The first kappa shape index (κ1) is 42.8. The zero-order valence-electron chi connectivity index (χ0n) is 27.6. The maximum absolute atomic E-state index is 13.6. The van der Waals surface area contributed by atoms with Crippen LogP contribution in [0.1, 0.15) is 71.6 Å². The van der Waals surface area contributed by atoms with E-state index in [1.807, 2.05) is 0 Å². The van der Waals surface area contributed by atoms with E-state index in [9.17, 15) is 29.1 Å². The second-order valence-electron chi connectivity index (χ2n) is 11.5. The van der Waals surface area contributed by atoms with Crippen LogP contribution in [-0.2, 0) is 24.0 Å². The maximum Gasteiger partial charge on any atom is 0.245 e. The van der Waals surface area contributed by atoms with Crippen LogP contribution in [0.4, 0.5) is 0 Å². The normalized spacial score (nSPS) is 14.1. The Kier molecular flexibility index (Phi) is 21.9. The van der Waals surface area contributed by atoms with Crippen LogP contribution in [-0.4, -0.2) is 103 Å². The van der Waals surface area contributed by atoms with Gasteiger partial charge in [-0.25, -0.2) is 0 Å². The minimum absolute atomic E-state index is 0.0649. The summed E-state index contributed by atoms with van der Waals surface area (Å²) in [7, 11) is 0. The van der Waals surface area contributed by atoms with E-state index < -0.39 is 66.4 Å². The molecule has 5 atom stereocenters. The van der Waals surface area contributed by atoms with E-state index in [1.54, 1.807) is 13.8 Å². The largest absolute Gasteiger partial charge is 0.394 e. The quantitative estimate of drug-likeness (QED) is 0.0248. The monoisotopic (exact) mass is 671 g/mol. The summed E-state index contributed by atoms with van der Waals surface area (Å²) < 4.78 is 0. The van der Waals surface area contributed by atoms with Gasteiger partial charge in [0, 0.05) is 13.1 Å². The summed E-state index contributed by atoms with van der Waals surface area (Å²) in [5, 5.41) is 20.0. The molecular formula is C28H57N13O6. The Morgan fingerprint density at radius 3 is 1.49 bits per heavy atom. The van der Waals surface area contributed by atoms with Crippen molar-refractivity contribution in [3.8, 4) is 0 Å². The number of aliphatic hydroxyl groups excluding tert-OH is 1. The predicted octanol–water partition coefficient (Wildman–Crippen LogP) is -4.60. The van der Waals surface area contributed by atoms with E-state index in [-0.39, 0.29) is 50.1 Å². The van der Waals surface area contributed by atoms with Gasteiger partial charge in [0.25, 0.3) is 0 Å². The highest BCUT2D eigenvalue weighted by molar-refractivity contribution is 5.95. The summed E-state index contributed by atoms with van der Waals surface area (Å²) in [5.41, 5.74) is 38.4. The maximum atomic E-state index is 13.6. The molecule has 0 spiro atoms. The lowest BCUT2D eigenvalue weighted by molar-refractivity contribution is -0.135. The van der Waals surface area contributed by atoms with Gasteiger partial charge in [0.1, 0.15) is 24.2 Å². The fraction of sp³-hybridized carbons (Fsp3) is 0.750. The Labute approximate surface area is 276 Å². The van der Waals surface area contributed by atoms with Crippen LogP contribution in [0.3, 0.4) is 0 Å². The van der Waals surface area contributed by atoms with Crippen LogP contribution < -0.4 is 61.4 Å². The molecule has 0 fully saturated rings. The van der Waals surface area contributed by atoms with Crippen molar-refractivity contribution >= 4 is 41.5 Å². The first-order chi connectivity index (χ1) is 22.1. The van der Waals surface area contributed by atoms with Gasteiger partial charge in [0.15, 0.2) is 11.9 Å². The number of hydrogen-bond acceptors (Lipinski definition) is 10. The van der Waals surface area contributed by atoms with E-state index in [2.05, 4.69) is 31.3 Å². The number of hydrogen-bond donors (Lipinski definition) is 12. The average Bonchev–Trinajstić information content (AvgIpc) is 3.00. The highest BCUT2D eigenvalue weighted by atomic mass is 16.3. The molecule has 0 aromatic heterocycles. The molecule has 0 saturated carbocycles. The summed E-state index contributed by atoms with van der Waals surface area (Å²) in [6, 6.07) is -5.67. The van der Waals surface area contributed by atoms with E-state index in [1.165, 1.54) is 0 Å². The topological polar surface area (TPSA) is 361 Å². The lowest BCUT2D eigenvalue weighted by atomic mass is 10.0. The van der Waals surface area contributed by atoms with Crippen LogP contribution in [0, 0.1) is 5.92 Å². The molecule has 0 bridgehead atoms. The van der Waals surface area contributed by atoms with Gasteiger partial charge in [-0.2, -0.15) is 0 Å². The van der Waals surface area contributed by atoms with Gasteiger partial charge in [0.05, 0.1) is 12.6 Å². The molecule has 0 radical (unpaired) electrons. The minimum atomic E-state index is -1.38. The van der Waals surface area contributed by atoms with Gasteiger partial charge in [-0.3, -0.25) is 34.0 Å². The number of nitrogens with zero attached hydrogens (tertiary/aromatic N) is 2. The van der Waals surface area contributed by atoms with Gasteiger partial charge < -0.3 is 66.5 Å². The van der Waals surface area contributed by atoms with E-state index >= 15 is 0 Å². The molecule has 0 aliphatic heterocycles. The summed E-state index contributed by atoms with van der Waals surface area (Å²) in [5.74, 6) is -4.07. The third-order valence-electron chi connectivity index (χ3n) is 7.10. The Balaban J connectivity index is 5.90. The van der Waals surface area contributed by atoms with Gasteiger partial charge in [0.2, 0.25) is 29.5 Å². The van der Waals surface area contributed by atoms with Crippen molar-refractivity contribution in [1.82, 2.24) is 21.3 Å². The summed E-state index contributed by atoms with van der Waals surface area (Å²) >= 11 is 0. The molecule has 0 rings (SSSR count). The van der Waals surface area contributed by atoms with Crippen molar-refractivity contribution in [3.05, 3.63) is 0 Å². The number of rotatable bonds is 25. The number of carbonyl (C=O) groups is 5.